The summed E-state index contributed by atoms with van der Waals surface area (Å²) in [7, 11) is 0. The van der Waals surface area contributed by atoms with Gasteiger partial charge in [-0.2, -0.15) is 5.26 Å². The predicted molar refractivity (Wildman–Crippen MR) is 129 cm³/mol. The highest BCUT2D eigenvalue weighted by atomic mass is 14.9. The van der Waals surface area contributed by atoms with Crippen molar-refractivity contribution in [1.82, 2.24) is 0 Å². The first kappa shape index (κ1) is 21.4. The molecule has 0 saturated heterocycles. The third kappa shape index (κ3) is 3.81. The van der Waals surface area contributed by atoms with Crippen LogP contribution in [0.1, 0.15) is 90.5 Å². The summed E-state index contributed by atoms with van der Waals surface area (Å²) in [6.45, 7) is 7.56. The fraction of sp³-hybridized carbons (Fsp3) is 0.759. The lowest BCUT2D eigenvalue weighted by Gasteiger charge is -2.61. The van der Waals surface area contributed by atoms with Crippen LogP contribution in [-0.4, -0.2) is 6.04 Å². The zero-order valence-corrected chi connectivity index (χ0v) is 19.9. The number of hydrogen-bond donors (Lipinski definition) is 1. The fourth-order valence-corrected chi connectivity index (χ4v) is 9.19. The summed E-state index contributed by atoms with van der Waals surface area (Å²) in [5, 5.41) is 13.1. The van der Waals surface area contributed by atoms with Gasteiger partial charge in [0.15, 0.2) is 0 Å². The molecule has 1 aromatic carbocycles. The number of fused-ring (bicyclic) bond motifs is 5. The molecule has 0 radical (unpaired) electrons. The summed E-state index contributed by atoms with van der Waals surface area (Å²) < 4.78 is 0. The largest absolute Gasteiger partial charge is 0.382 e. The molecule has 9 atom stereocenters. The molecule has 4 aliphatic rings. The third-order valence-electron chi connectivity index (χ3n) is 10.5. The second kappa shape index (κ2) is 8.46. The summed E-state index contributed by atoms with van der Waals surface area (Å²) >= 11 is 0. The summed E-state index contributed by atoms with van der Waals surface area (Å²) in [4.78, 5) is 0. The highest BCUT2D eigenvalue weighted by molar-refractivity contribution is 5.49. The highest BCUT2D eigenvalue weighted by Crippen LogP contribution is 2.63. The van der Waals surface area contributed by atoms with Crippen molar-refractivity contribution in [3.8, 4) is 6.07 Å². The van der Waals surface area contributed by atoms with Crippen LogP contribution < -0.4 is 5.32 Å². The summed E-state index contributed by atoms with van der Waals surface area (Å²) in [6, 6.07) is 10.8. The Morgan fingerprint density at radius 3 is 2.71 bits per heavy atom. The molecule has 0 bridgehead atoms. The normalized spacial score (nSPS) is 43.0. The van der Waals surface area contributed by atoms with E-state index in [1.54, 1.807) is 0 Å². The molecular formula is C29H42N2. The molecule has 4 fully saturated rings. The molecule has 0 aromatic heterocycles. The minimum atomic E-state index is 0.463. The van der Waals surface area contributed by atoms with Crippen LogP contribution in [0.2, 0.25) is 0 Å². The molecule has 2 heteroatoms. The highest BCUT2D eigenvalue weighted by Gasteiger charge is 2.56. The van der Waals surface area contributed by atoms with Crippen molar-refractivity contribution in [3.05, 3.63) is 29.8 Å². The van der Waals surface area contributed by atoms with Crippen LogP contribution >= 0.6 is 0 Å². The van der Waals surface area contributed by atoms with Crippen LogP contribution in [0.4, 0.5) is 5.69 Å². The van der Waals surface area contributed by atoms with Gasteiger partial charge in [0.2, 0.25) is 0 Å². The molecule has 2 nitrogen and oxygen atoms in total. The van der Waals surface area contributed by atoms with Crippen molar-refractivity contribution in [2.24, 2.45) is 46.8 Å². The topological polar surface area (TPSA) is 35.8 Å². The van der Waals surface area contributed by atoms with Gasteiger partial charge in [0.25, 0.3) is 0 Å². The number of nitriles is 1. The molecule has 168 valence electrons. The Morgan fingerprint density at radius 2 is 1.87 bits per heavy atom. The van der Waals surface area contributed by atoms with Crippen molar-refractivity contribution in [2.75, 3.05) is 5.32 Å². The van der Waals surface area contributed by atoms with Gasteiger partial charge in [0, 0.05) is 11.7 Å². The Labute approximate surface area is 190 Å². The average Bonchev–Trinajstić information content (AvgIpc) is 2.77. The number of hydrogen-bond acceptors (Lipinski definition) is 2. The minimum absolute atomic E-state index is 0.463. The van der Waals surface area contributed by atoms with Crippen LogP contribution in [0.3, 0.4) is 0 Å². The number of rotatable bonds is 3. The lowest BCUT2D eigenvalue weighted by molar-refractivity contribution is -0.112. The van der Waals surface area contributed by atoms with Crippen molar-refractivity contribution in [3.63, 3.8) is 0 Å². The number of nitrogens with zero attached hydrogens (tertiary/aromatic N) is 1. The van der Waals surface area contributed by atoms with Gasteiger partial charge in [-0.1, -0.05) is 32.8 Å². The zero-order valence-electron chi connectivity index (χ0n) is 19.9. The van der Waals surface area contributed by atoms with Gasteiger partial charge in [0.1, 0.15) is 0 Å². The van der Waals surface area contributed by atoms with E-state index < -0.39 is 0 Å². The molecule has 0 amide bonds. The van der Waals surface area contributed by atoms with Crippen LogP contribution in [0.15, 0.2) is 24.3 Å². The zero-order chi connectivity index (χ0) is 21.6. The molecule has 0 spiro atoms. The van der Waals surface area contributed by atoms with E-state index in [0.717, 1.165) is 52.7 Å². The van der Waals surface area contributed by atoms with Gasteiger partial charge >= 0.3 is 0 Å². The Bertz CT molecular complexity index is 824. The molecule has 2 unspecified atom stereocenters. The first-order valence-electron chi connectivity index (χ1n) is 13.3. The van der Waals surface area contributed by atoms with Crippen molar-refractivity contribution in [2.45, 2.75) is 91.0 Å². The van der Waals surface area contributed by atoms with Gasteiger partial charge < -0.3 is 5.32 Å². The first-order valence-corrected chi connectivity index (χ1v) is 13.3. The van der Waals surface area contributed by atoms with E-state index in [9.17, 15) is 5.26 Å². The lowest BCUT2D eigenvalue weighted by Crippen LogP contribution is -2.55. The van der Waals surface area contributed by atoms with Gasteiger partial charge in [-0.15, -0.1) is 0 Å². The molecular weight excluding hydrogens is 376 g/mol. The van der Waals surface area contributed by atoms with Gasteiger partial charge in [0.05, 0.1) is 11.6 Å². The van der Waals surface area contributed by atoms with Crippen LogP contribution in [0.5, 0.6) is 0 Å². The molecule has 1 aromatic rings. The van der Waals surface area contributed by atoms with Crippen LogP contribution in [0.25, 0.3) is 0 Å². The molecule has 31 heavy (non-hydrogen) atoms. The second-order valence-electron chi connectivity index (χ2n) is 12.1. The van der Waals surface area contributed by atoms with Crippen LogP contribution in [0, 0.1) is 58.2 Å². The van der Waals surface area contributed by atoms with E-state index in [-0.39, 0.29) is 0 Å². The lowest BCUT2D eigenvalue weighted by atomic mass is 9.44. The number of anilines is 1. The average molecular weight is 419 g/mol. The van der Waals surface area contributed by atoms with E-state index in [0.29, 0.717) is 11.5 Å². The summed E-state index contributed by atoms with van der Waals surface area (Å²) in [5.74, 6) is 6.74. The maximum atomic E-state index is 9.27. The third-order valence-corrected chi connectivity index (χ3v) is 10.5. The molecule has 4 saturated carbocycles. The summed E-state index contributed by atoms with van der Waals surface area (Å²) in [6.07, 6.45) is 14.7. The second-order valence-corrected chi connectivity index (χ2v) is 12.1. The molecule has 4 aliphatic carbocycles. The number of benzene rings is 1. The first-order chi connectivity index (χ1) is 15.0. The Hall–Kier alpha value is -1.49. The standard InChI is InChI=1S/C29H42N2/c1-19-10-12-24-22(16-19)11-13-26-25(24)14-15-29(3)27(8-5-9-28(26)29)20(2)31-23-7-4-6-21(17-23)18-30/h4,6-7,17,19-20,22,24-28,31H,5,8-16H2,1-3H3/t19-,20+,22+,24-,25?,26+,27+,28?,29+/m0/s1. The van der Waals surface area contributed by atoms with Crippen LogP contribution in [-0.2, 0) is 0 Å². The van der Waals surface area contributed by atoms with Crippen molar-refractivity contribution >= 4 is 5.69 Å². The Kier molecular flexibility index (Phi) is 5.83. The molecule has 0 aliphatic heterocycles. The molecule has 0 heterocycles. The van der Waals surface area contributed by atoms with Gasteiger partial charge in [-0.05, 0) is 123 Å². The minimum Gasteiger partial charge on any atom is -0.382 e. The number of nitrogens with one attached hydrogen (secondary N) is 1. The van der Waals surface area contributed by atoms with Crippen molar-refractivity contribution < 1.29 is 0 Å². The molecule has 5 rings (SSSR count). The Morgan fingerprint density at radius 1 is 1.03 bits per heavy atom. The van der Waals surface area contributed by atoms with E-state index in [4.69, 9.17) is 0 Å². The van der Waals surface area contributed by atoms with Gasteiger partial charge in [-0.25, -0.2) is 0 Å². The fourth-order valence-electron chi connectivity index (χ4n) is 9.19. The van der Waals surface area contributed by atoms with E-state index in [1.807, 2.05) is 18.2 Å². The quantitative estimate of drug-likeness (QED) is 0.547. The maximum absolute atomic E-state index is 9.27. The predicted octanol–water partition coefficient (Wildman–Crippen LogP) is 7.65. The SMILES string of the molecule is C[C@H]1CC[C@@H]2C3CC[C@@]4(C)C(CCC[C@@H]4[C@@H](C)Nc4cccc(C#N)c4)[C@@H]3CC[C@@H]2C1. The van der Waals surface area contributed by atoms with E-state index in [2.05, 4.69) is 38.2 Å². The smallest absolute Gasteiger partial charge is 0.0992 e. The van der Waals surface area contributed by atoms with E-state index >= 15 is 0 Å². The summed E-state index contributed by atoms with van der Waals surface area (Å²) in [5.41, 5.74) is 2.35. The maximum Gasteiger partial charge on any atom is 0.0992 e. The monoisotopic (exact) mass is 418 g/mol. The van der Waals surface area contributed by atoms with E-state index in [1.165, 1.54) is 64.2 Å². The van der Waals surface area contributed by atoms with Crippen molar-refractivity contribution in [1.29, 1.82) is 5.26 Å². The molecule has 1 N–H and O–H groups in total. The van der Waals surface area contributed by atoms with Gasteiger partial charge in [-0.3, -0.25) is 0 Å². The Balaban J connectivity index is 1.33.